The highest BCUT2D eigenvalue weighted by atomic mass is 79.9. The van der Waals surface area contributed by atoms with E-state index in [9.17, 15) is 0 Å². The molecular weight excluding hydrogens is 362 g/mol. The van der Waals surface area contributed by atoms with Crippen LogP contribution in [0.4, 0.5) is 5.69 Å². The summed E-state index contributed by atoms with van der Waals surface area (Å²) in [6.07, 6.45) is 3.85. The summed E-state index contributed by atoms with van der Waals surface area (Å²) in [4.78, 5) is 9.35. The van der Waals surface area contributed by atoms with Crippen molar-refractivity contribution in [1.82, 2.24) is 9.38 Å². The number of nitrogens with zero attached hydrogens (tertiary/aromatic N) is 3. The second kappa shape index (κ2) is 6.42. The SMILES string of the molecule is Brc1ccc(N=Cc2nc(-c3ccccc3)n3ccccc23)cc1. The van der Waals surface area contributed by atoms with E-state index in [4.69, 9.17) is 4.98 Å². The molecule has 0 atom stereocenters. The molecule has 0 aliphatic carbocycles. The van der Waals surface area contributed by atoms with Gasteiger partial charge in [-0.05, 0) is 36.4 Å². The maximum Gasteiger partial charge on any atom is 0.145 e. The highest BCUT2D eigenvalue weighted by Crippen LogP contribution is 2.22. The van der Waals surface area contributed by atoms with Gasteiger partial charge in [0.2, 0.25) is 0 Å². The zero-order chi connectivity index (χ0) is 16.4. The fourth-order valence-corrected chi connectivity index (χ4v) is 2.87. The molecule has 0 aliphatic heterocycles. The minimum atomic E-state index is 0.859. The Morgan fingerprint density at radius 1 is 0.875 bits per heavy atom. The molecular formula is C20H14BrN3. The number of pyridine rings is 1. The third-order valence-electron chi connectivity index (χ3n) is 3.77. The molecule has 0 spiro atoms. The number of hydrogen-bond acceptors (Lipinski definition) is 2. The first-order valence-corrected chi connectivity index (χ1v) is 8.43. The number of benzene rings is 2. The molecule has 2 aromatic heterocycles. The summed E-state index contributed by atoms with van der Waals surface area (Å²) >= 11 is 3.44. The van der Waals surface area contributed by atoms with E-state index >= 15 is 0 Å². The van der Waals surface area contributed by atoms with Crippen LogP contribution >= 0.6 is 15.9 Å². The van der Waals surface area contributed by atoms with E-state index in [0.29, 0.717) is 0 Å². The lowest BCUT2D eigenvalue weighted by molar-refractivity contribution is 1.16. The van der Waals surface area contributed by atoms with Crippen molar-refractivity contribution in [1.29, 1.82) is 0 Å². The topological polar surface area (TPSA) is 29.7 Å². The average molecular weight is 376 g/mol. The van der Waals surface area contributed by atoms with Gasteiger partial charge >= 0.3 is 0 Å². The largest absolute Gasteiger partial charge is 0.299 e. The summed E-state index contributed by atoms with van der Waals surface area (Å²) in [6.45, 7) is 0. The number of imidazole rings is 1. The van der Waals surface area contributed by atoms with Crippen LogP contribution in [0.2, 0.25) is 0 Å². The predicted molar refractivity (Wildman–Crippen MR) is 102 cm³/mol. The van der Waals surface area contributed by atoms with Gasteiger partial charge in [-0.25, -0.2) is 4.98 Å². The van der Waals surface area contributed by atoms with Crippen LogP contribution in [-0.2, 0) is 0 Å². The minimum absolute atomic E-state index is 0.859. The van der Waals surface area contributed by atoms with Crippen molar-refractivity contribution in [2.45, 2.75) is 0 Å². The van der Waals surface area contributed by atoms with E-state index in [0.717, 1.165) is 32.8 Å². The van der Waals surface area contributed by atoms with Gasteiger partial charge in [0.25, 0.3) is 0 Å². The molecule has 0 N–H and O–H groups in total. The van der Waals surface area contributed by atoms with Crippen LogP contribution in [0.15, 0.2) is 88.5 Å². The van der Waals surface area contributed by atoms with Gasteiger partial charge in [-0.15, -0.1) is 0 Å². The number of aromatic nitrogens is 2. The van der Waals surface area contributed by atoms with Gasteiger partial charge in [0.15, 0.2) is 0 Å². The third-order valence-corrected chi connectivity index (χ3v) is 4.30. The number of rotatable bonds is 3. The second-order valence-electron chi connectivity index (χ2n) is 5.38. The molecule has 3 nitrogen and oxygen atoms in total. The number of halogens is 1. The maximum atomic E-state index is 4.80. The van der Waals surface area contributed by atoms with E-state index in [-0.39, 0.29) is 0 Å². The van der Waals surface area contributed by atoms with Crippen LogP contribution in [0.25, 0.3) is 16.9 Å². The van der Waals surface area contributed by atoms with Crippen molar-refractivity contribution >= 4 is 33.3 Å². The zero-order valence-electron chi connectivity index (χ0n) is 12.8. The highest BCUT2D eigenvalue weighted by Gasteiger charge is 2.10. The lowest BCUT2D eigenvalue weighted by atomic mass is 10.2. The van der Waals surface area contributed by atoms with E-state index in [1.54, 1.807) is 0 Å². The van der Waals surface area contributed by atoms with Crippen molar-refractivity contribution in [2.75, 3.05) is 0 Å². The summed E-state index contributed by atoms with van der Waals surface area (Å²) < 4.78 is 3.14. The Morgan fingerprint density at radius 3 is 2.42 bits per heavy atom. The Kier molecular flexibility index (Phi) is 3.97. The van der Waals surface area contributed by atoms with Crippen molar-refractivity contribution in [3.05, 3.63) is 89.2 Å². The van der Waals surface area contributed by atoms with Crippen molar-refractivity contribution in [3.63, 3.8) is 0 Å². The maximum absolute atomic E-state index is 4.80. The number of fused-ring (bicyclic) bond motifs is 1. The van der Waals surface area contributed by atoms with Crippen LogP contribution in [0.5, 0.6) is 0 Å². The molecule has 0 saturated carbocycles. The van der Waals surface area contributed by atoms with Gasteiger partial charge in [-0.1, -0.05) is 52.3 Å². The van der Waals surface area contributed by atoms with E-state index in [2.05, 4.69) is 43.5 Å². The first-order valence-electron chi connectivity index (χ1n) is 7.63. The van der Waals surface area contributed by atoms with Crippen molar-refractivity contribution in [2.24, 2.45) is 4.99 Å². The first-order chi connectivity index (χ1) is 11.8. The van der Waals surface area contributed by atoms with Gasteiger partial charge in [0.05, 0.1) is 17.4 Å². The first kappa shape index (κ1) is 14.8. The van der Waals surface area contributed by atoms with Crippen LogP contribution in [0, 0.1) is 0 Å². The minimum Gasteiger partial charge on any atom is -0.299 e. The molecule has 4 heteroatoms. The number of hydrogen-bond donors (Lipinski definition) is 0. The molecule has 24 heavy (non-hydrogen) atoms. The fourth-order valence-electron chi connectivity index (χ4n) is 2.61. The Labute approximate surface area is 148 Å². The van der Waals surface area contributed by atoms with E-state index in [1.807, 2.05) is 67.0 Å². The average Bonchev–Trinajstić information content (AvgIpc) is 3.01. The molecule has 2 aromatic carbocycles. The fraction of sp³-hybridized carbons (Fsp3) is 0. The molecule has 0 saturated heterocycles. The summed E-state index contributed by atoms with van der Waals surface area (Å²) in [5.74, 6) is 0.920. The zero-order valence-corrected chi connectivity index (χ0v) is 14.4. The third kappa shape index (κ3) is 2.88. The van der Waals surface area contributed by atoms with E-state index in [1.165, 1.54) is 0 Å². The molecule has 4 rings (SSSR count). The van der Waals surface area contributed by atoms with Crippen LogP contribution in [0.1, 0.15) is 5.69 Å². The predicted octanol–water partition coefficient (Wildman–Crippen LogP) is 5.51. The molecule has 2 heterocycles. The van der Waals surface area contributed by atoms with Gasteiger partial charge in [0, 0.05) is 16.2 Å². The molecule has 116 valence electrons. The molecule has 0 radical (unpaired) electrons. The molecule has 0 unspecified atom stereocenters. The Hall–Kier alpha value is -2.72. The Bertz CT molecular complexity index is 1000. The monoisotopic (exact) mass is 375 g/mol. The van der Waals surface area contributed by atoms with Gasteiger partial charge < -0.3 is 0 Å². The van der Waals surface area contributed by atoms with Crippen LogP contribution in [-0.4, -0.2) is 15.6 Å². The standard InChI is InChI=1S/C20H14BrN3/c21-16-9-11-17(12-10-16)22-14-18-19-8-4-5-13-24(19)20(23-18)15-6-2-1-3-7-15/h1-14H. The molecule has 0 amide bonds. The molecule has 0 fully saturated rings. The summed E-state index contributed by atoms with van der Waals surface area (Å²) in [5, 5.41) is 0. The van der Waals surface area contributed by atoms with Crippen molar-refractivity contribution in [3.8, 4) is 11.4 Å². The number of aliphatic imine (C=N–C) groups is 1. The Balaban J connectivity index is 1.80. The molecule has 4 aromatic rings. The summed E-state index contributed by atoms with van der Waals surface area (Å²) in [5.41, 5.74) is 3.88. The molecule has 0 aliphatic rings. The quantitative estimate of drug-likeness (QED) is 0.433. The summed E-state index contributed by atoms with van der Waals surface area (Å²) in [6, 6.07) is 24.2. The van der Waals surface area contributed by atoms with Gasteiger partial charge in [-0.2, -0.15) is 0 Å². The summed E-state index contributed by atoms with van der Waals surface area (Å²) in [7, 11) is 0. The smallest absolute Gasteiger partial charge is 0.145 e. The van der Waals surface area contributed by atoms with Gasteiger partial charge in [-0.3, -0.25) is 9.39 Å². The second-order valence-corrected chi connectivity index (χ2v) is 6.29. The van der Waals surface area contributed by atoms with Crippen molar-refractivity contribution < 1.29 is 0 Å². The Morgan fingerprint density at radius 2 is 1.62 bits per heavy atom. The lowest BCUT2D eigenvalue weighted by Crippen LogP contribution is -1.87. The van der Waals surface area contributed by atoms with Crippen LogP contribution < -0.4 is 0 Å². The van der Waals surface area contributed by atoms with Crippen LogP contribution in [0.3, 0.4) is 0 Å². The normalized spacial score (nSPS) is 11.4. The van der Waals surface area contributed by atoms with E-state index < -0.39 is 0 Å². The molecule has 0 bridgehead atoms. The highest BCUT2D eigenvalue weighted by molar-refractivity contribution is 9.10. The van der Waals surface area contributed by atoms with Gasteiger partial charge in [0.1, 0.15) is 11.5 Å². The lowest BCUT2D eigenvalue weighted by Gasteiger charge is -1.99.